The maximum Gasteiger partial charge on any atom is 0.0657 e. The van der Waals surface area contributed by atoms with Crippen molar-refractivity contribution in [3.05, 3.63) is 60.7 Å². The van der Waals surface area contributed by atoms with E-state index in [2.05, 4.69) is 52.0 Å². The molecular weight excluding hydrogens is 270 g/mol. The van der Waals surface area contributed by atoms with E-state index in [1.807, 2.05) is 24.3 Å². The zero-order valence-electron chi connectivity index (χ0n) is 12.1. The fourth-order valence-corrected chi connectivity index (χ4v) is 3.05. The van der Waals surface area contributed by atoms with Gasteiger partial charge in [-0.15, -0.1) is 0 Å². The first-order chi connectivity index (χ1) is 10.9. The fourth-order valence-electron chi connectivity index (χ4n) is 3.05. The topological polar surface area (TPSA) is 44.5 Å². The van der Waals surface area contributed by atoms with E-state index < -0.39 is 0 Å². The summed E-state index contributed by atoms with van der Waals surface area (Å²) in [7, 11) is 0. The maximum absolute atomic E-state index is 8.94. The van der Waals surface area contributed by atoms with Gasteiger partial charge in [0.2, 0.25) is 0 Å². The summed E-state index contributed by atoms with van der Waals surface area (Å²) in [6.45, 7) is 0.703. The van der Waals surface area contributed by atoms with E-state index in [1.165, 1.54) is 16.3 Å². The standard InChI is InChI=1S/C19H15N3/c20-10-5-11-22-18-9-4-2-7-15(18)13-19(22)17-12-14-6-1-3-8-16(14)21-17/h1-4,6-9,12-13,21H,5,11H2. The monoisotopic (exact) mass is 285 g/mol. The minimum absolute atomic E-state index is 0.506. The van der Waals surface area contributed by atoms with Crippen LogP contribution < -0.4 is 0 Å². The third kappa shape index (κ3) is 1.97. The van der Waals surface area contributed by atoms with E-state index >= 15 is 0 Å². The Morgan fingerprint density at radius 2 is 1.73 bits per heavy atom. The molecule has 0 bridgehead atoms. The molecule has 106 valence electrons. The number of aryl methyl sites for hydroxylation is 1. The molecule has 0 spiro atoms. The molecule has 0 radical (unpaired) electrons. The first kappa shape index (κ1) is 12.7. The SMILES string of the molecule is N#CCCn1c(-c2cc3ccccc3[nH]2)cc2ccccc21. The first-order valence-corrected chi connectivity index (χ1v) is 7.40. The number of nitrogens with zero attached hydrogens (tertiary/aromatic N) is 2. The summed E-state index contributed by atoms with van der Waals surface area (Å²) < 4.78 is 2.23. The lowest BCUT2D eigenvalue weighted by molar-refractivity contribution is 0.750. The van der Waals surface area contributed by atoms with Gasteiger partial charge in [0.1, 0.15) is 0 Å². The van der Waals surface area contributed by atoms with Crippen molar-refractivity contribution in [2.45, 2.75) is 13.0 Å². The summed E-state index contributed by atoms with van der Waals surface area (Å²) in [5.41, 5.74) is 4.53. The van der Waals surface area contributed by atoms with E-state index in [1.54, 1.807) is 0 Å². The summed E-state index contributed by atoms with van der Waals surface area (Å²) in [5.74, 6) is 0. The van der Waals surface area contributed by atoms with Gasteiger partial charge in [-0.1, -0.05) is 36.4 Å². The molecule has 0 fully saturated rings. The van der Waals surface area contributed by atoms with Crippen LogP contribution in [0.1, 0.15) is 6.42 Å². The number of fused-ring (bicyclic) bond motifs is 2. The first-order valence-electron chi connectivity index (χ1n) is 7.40. The molecule has 4 aromatic rings. The molecule has 2 aromatic heterocycles. The van der Waals surface area contributed by atoms with Crippen molar-refractivity contribution >= 4 is 21.8 Å². The Morgan fingerprint density at radius 1 is 0.955 bits per heavy atom. The highest BCUT2D eigenvalue weighted by Crippen LogP contribution is 2.30. The molecule has 1 N–H and O–H groups in total. The molecule has 2 heterocycles. The Labute approximate surface area is 128 Å². The summed E-state index contributed by atoms with van der Waals surface area (Å²) >= 11 is 0. The van der Waals surface area contributed by atoms with Gasteiger partial charge in [0.15, 0.2) is 0 Å². The van der Waals surface area contributed by atoms with Crippen LogP contribution in [-0.4, -0.2) is 9.55 Å². The number of nitriles is 1. The molecule has 3 heteroatoms. The number of rotatable bonds is 3. The van der Waals surface area contributed by atoms with Crippen LogP contribution in [0, 0.1) is 11.3 Å². The Morgan fingerprint density at radius 3 is 2.55 bits per heavy atom. The second kappa shape index (κ2) is 5.09. The summed E-state index contributed by atoms with van der Waals surface area (Å²) in [6, 6.07) is 23.2. The molecule has 22 heavy (non-hydrogen) atoms. The van der Waals surface area contributed by atoms with Crippen LogP contribution in [-0.2, 0) is 6.54 Å². The zero-order chi connectivity index (χ0) is 14.9. The van der Waals surface area contributed by atoms with Crippen LogP contribution in [0.2, 0.25) is 0 Å². The average Bonchev–Trinajstić information content (AvgIpc) is 3.14. The van der Waals surface area contributed by atoms with Crippen molar-refractivity contribution < 1.29 is 0 Å². The smallest absolute Gasteiger partial charge is 0.0657 e. The van der Waals surface area contributed by atoms with Gasteiger partial charge in [-0.05, 0) is 24.3 Å². The molecule has 0 saturated heterocycles. The number of aromatic nitrogens is 2. The molecule has 2 aromatic carbocycles. The van der Waals surface area contributed by atoms with Crippen molar-refractivity contribution in [1.29, 1.82) is 5.26 Å². The molecule has 4 rings (SSSR count). The maximum atomic E-state index is 8.94. The number of aromatic amines is 1. The van der Waals surface area contributed by atoms with E-state index in [0.29, 0.717) is 13.0 Å². The molecule has 0 unspecified atom stereocenters. The molecule has 0 saturated carbocycles. The number of H-pyrrole nitrogens is 1. The highest BCUT2D eigenvalue weighted by molar-refractivity contribution is 5.90. The number of hydrogen-bond donors (Lipinski definition) is 1. The fraction of sp³-hybridized carbons (Fsp3) is 0.105. The van der Waals surface area contributed by atoms with E-state index in [-0.39, 0.29) is 0 Å². The molecule has 0 aliphatic rings. The Kier molecular flexibility index (Phi) is 2.94. The van der Waals surface area contributed by atoms with Gasteiger partial charge in [-0.2, -0.15) is 5.26 Å². The van der Waals surface area contributed by atoms with Crippen LogP contribution in [0.3, 0.4) is 0 Å². The minimum atomic E-state index is 0.506. The van der Waals surface area contributed by atoms with Gasteiger partial charge in [0, 0.05) is 28.4 Å². The second-order valence-corrected chi connectivity index (χ2v) is 5.42. The van der Waals surface area contributed by atoms with Crippen molar-refractivity contribution in [1.82, 2.24) is 9.55 Å². The van der Waals surface area contributed by atoms with Gasteiger partial charge in [0.05, 0.1) is 23.9 Å². The van der Waals surface area contributed by atoms with E-state index in [4.69, 9.17) is 5.26 Å². The largest absolute Gasteiger partial charge is 0.353 e. The average molecular weight is 285 g/mol. The third-order valence-electron chi connectivity index (χ3n) is 4.06. The van der Waals surface area contributed by atoms with Crippen LogP contribution in [0.5, 0.6) is 0 Å². The number of hydrogen-bond acceptors (Lipinski definition) is 1. The summed E-state index contributed by atoms with van der Waals surface area (Å²) in [6.07, 6.45) is 0.506. The van der Waals surface area contributed by atoms with Crippen LogP contribution in [0.4, 0.5) is 0 Å². The number of nitrogens with one attached hydrogen (secondary N) is 1. The highest BCUT2D eigenvalue weighted by Gasteiger charge is 2.12. The van der Waals surface area contributed by atoms with Crippen LogP contribution >= 0.6 is 0 Å². The molecule has 0 aliphatic carbocycles. The van der Waals surface area contributed by atoms with Crippen molar-refractivity contribution in [3.8, 4) is 17.5 Å². The van der Waals surface area contributed by atoms with Crippen molar-refractivity contribution in [2.75, 3.05) is 0 Å². The molecule has 0 aliphatic heterocycles. The number of para-hydroxylation sites is 2. The normalized spacial score (nSPS) is 11.0. The van der Waals surface area contributed by atoms with Crippen LogP contribution in [0.25, 0.3) is 33.2 Å². The number of benzene rings is 2. The third-order valence-corrected chi connectivity index (χ3v) is 4.06. The predicted molar refractivity (Wildman–Crippen MR) is 89.5 cm³/mol. The van der Waals surface area contributed by atoms with Crippen molar-refractivity contribution in [3.63, 3.8) is 0 Å². The second-order valence-electron chi connectivity index (χ2n) is 5.42. The summed E-state index contributed by atoms with van der Waals surface area (Å²) in [4.78, 5) is 3.49. The lowest BCUT2D eigenvalue weighted by atomic mass is 10.2. The Balaban J connectivity index is 1.94. The van der Waals surface area contributed by atoms with Gasteiger partial charge in [-0.25, -0.2) is 0 Å². The van der Waals surface area contributed by atoms with Crippen LogP contribution in [0.15, 0.2) is 60.7 Å². The molecular formula is C19H15N3. The van der Waals surface area contributed by atoms with Gasteiger partial charge in [0.25, 0.3) is 0 Å². The van der Waals surface area contributed by atoms with Gasteiger partial charge in [-0.3, -0.25) is 0 Å². The minimum Gasteiger partial charge on any atom is -0.353 e. The molecule has 3 nitrogen and oxygen atoms in total. The van der Waals surface area contributed by atoms with Gasteiger partial charge < -0.3 is 9.55 Å². The Bertz CT molecular complexity index is 965. The Hall–Kier alpha value is -2.99. The highest BCUT2D eigenvalue weighted by atomic mass is 15.0. The van der Waals surface area contributed by atoms with Crippen molar-refractivity contribution in [2.24, 2.45) is 0 Å². The van der Waals surface area contributed by atoms with E-state index in [9.17, 15) is 0 Å². The lowest BCUT2D eigenvalue weighted by Gasteiger charge is -2.07. The quantitative estimate of drug-likeness (QED) is 0.582. The lowest BCUT2D eigenvalue weighted by Crippen LogP contribution is -1.99. The zero-order valence-corrected chi connectivity index (χ0v) is 12.1. The predicted octanol–water partition coefficient (Wildman–Crippen LogP) is 4.70. The summed E-state index contributed by atoms with van der Waals surface area (Å²) in [5, 5.41) is 11.3. The molecule has 0 atom stereocenters. The van der Waals surface area contributed by atoms with E-state index in [0.717, 1.165) is 16.9 Å². The van der Waals surface area contributed by atoms with Gasteiger partial charge >= 0.3 is 0 Å². The molecule has 0 amide bonds.